The normalized spacial score (nSPS) is 11.1. The van der Waals surface area contributed by atoms with Crippen LogP contribution in [0.5, 0.6) is 11.5 Å². The summed E-state index contributed by atoms with van der Waals surface area (Å²) in [4.78, 5) is 13.3. The van der Waals surface area contributed by atoms with Crippen LogP contribution in [0.4, 0.5) is 11.4 Å². The third kappa shape index (κ3) is 5.82. The maximum atomic E-state index is 13.2. The Balaban J connectivity index is 1.59. The Morgan fingerprint density at radius 1 is 0.829 bits per heavy atom. The predicted molar refractivity (Wildman–Crippen MR) is 139 cm³/mol. The lowest BCUT2D eigenvalue weighted by Crippen LogP contribution is -2.17. The summed E-state index contributed by atoms with van der Waals surface area (Å²) >= 11 is 6.16. The second-order valence-corrected chi connectivity index (χ2v) is 10.0. The van der Waals surface area contributed by atoms with Crippen LogP contribution < -0.4 is 14.8 Å². The van der Waals surface area contributed by atoms with Gasteiger partial charge < -0.3 is 10.1 Å². The molecule has 0 spiro atoms. The minimum Gasteiger partial charge on any atom is -0.455 e. The number of amides is 1. The zero-order valence-corrected chi connectivity index (χ0v) is 20.7. The number of carbonyl (C=O) groups excluding carboxylic acids is 1. The Morgan fingerprint density at radius 3 is 2.26 bits per heavy atom. The molecule has 6 nitrogen and oxygen atoms in total. The Bertz CT molecular complexity index is 1470. The number of carbonyl (C=O) groups is 1. The molecule has 35 heavy (non-hydrogen) atoms. The Hall–Kier alpha value is -3.81. The van der Waals surface area contributed by atoms with Gasteiger partial charge in [-0.1, -0.05) is 53.6 Å². The van der Waals surface area contributed by atoms with Crippen molar-refractivity contribution in [1.29, 1.82) is 0 Å². The molecule has 178 valence electrons. The van der Waals surface area contributed by atoms with Gasteiger partial charge in [-0.15, -0.1) is 0 Å². The van der Waals surface area contributed by atoms with Crippen LogP contribution in [0.3, 0.4) is 0 Å². The number of benzene rings is 4. The molecule has 0 aliphatic rings. The summed E-state index contributed by atoms with van der Waals surface area (Å²) in [5.41, 5.74) is 2.44. The van der Waals surface area contributed by atoms with Crippen molar-refractivity contribution in [2.24, 2.45) is 0 Å². The van der Waals surface area contributed by atoms with E-state index >= 15 is 0 Å². The number of sulfonamides is 1. The monoisotopic (exact) mass is 506 g/mol. The van der Waals surface area contributed by atoms with Gasteiger partial charge in [-0.25, -0.2) is 8.42 Å². The lowest BCUT2D eigenvalue weighted by molar-refractivity contribution is 0.102. The summed E-state index contributed by atoms with van der Waals surface area (Å²) in [5.74, 6) is 0.593. The largest absolute Gasteiger partial charge is 0.455 e. The molecule has 0 unspecified atom stereocenters. The standard InChI is InChI=1S/C27H23ClN2O4S/c1-18-11-14-22(15-12-18)35(32,33)30-24-10-6-9-23(19(24)2)27(31)29-25-17-20(28)13-16-26(25)34-21-7-4-3-5-8-21/h3-17,30H,1-2H3,(H,29,31). The molecule has 8 heteroatoms. The van der Waals surface area contributed by atoms with Crippen molar-refractivity contribution in [2.75, 3.05) is 10.0 Å². The van der Waals surface area contributed by atoms with E-state index in [1.165, 1.54) is 12.1 Å². The van der Waals surface area contributed by atoms with E-state index in [1.807, 2.05) is 25.1 Å². The van der Waals surface area contributed by atoms with Crippen LogP contribution in [-0.2, 0) is 10.0 Å². The van der Waals surface area contributed by atoms with E-state index in [-0.39, 0.29) is 4.90 Å². The highest BCUT2D eigenvalue weighted by molar-refractivity contribution is 7.92. The highest BCUT2D eigenvalue weighted by Gasteiger charge is 2.19. The SMILES string of the molecule is Cc1ccc(S(=O)(=O)Nc2cccc(C(=O)Nc3cc(Cl)ccc3Oc3ccccc3)c2C)cc1. The second kappa shape index (κ2) is 10.2. The van der Waals surface area contributed by atoms with Crippen molar-refractivity contribution in [2.45, 2.75) is 18.7 Å². The fourth-order valence-electron chi connectivity index (χ4n) is 3.41. The number of halogens is 1. The van der Waals surface area contributed by atoms with E-state index in [9.17, 15) is 13.2 Å². The lowest BCUT2D eigenvalue weighted by atomic mass is 10.1. The summed E-state index contributed by atoms with van der Waals surface area (Å²) in [5, 5.41) is 3.26. The van der Waals surface area contributed by atoms with Gasteiger partial charge in [0.2, 0.25) is 0 Å². The minimum atomic E-state index is -3.82. The smallest absolute Gasteiger partial charge is 0.261 e. The van der Waals surface area contributed by atoms with Crippen molar-refractivity contribution in [1.82, 2.24) is 0 Å². The Labute approximate surface area is 209 Å². The predicted octanol–water partition coefficient (Wildman–Crippen LogP) is 6.80. The van der Waals surface area contributed by atoms with Crippen LogP contribution >= 0.6 is 11.6 Å². The number of nitrogens with one attached hydrogen (secondary N) is 2. The molecule has 4 aromatic carbocycles. The van der Waals surface area contributed by atoms with Crippen LogP contribution in [0.15, 0.2) is 95.9 Å². The van der Waals surface area contributed by atoms with Crippen LogP contribution in [0.2, 0.25) is 5.02 Å². The molecule has 4 rings (SSSR count). The molecule has 0 saturated heterocycles. The van der Waals surface area contributed by atoms with E-state index < -0.39 is 15.9 Å². The van der Waals surface area contributed by atoms with Gasteiger partial charge in [0.15, 0.2) is 5.75 Å². The van der Waals surface area contributed by atoms with Crippen LogP contribution in [0, 0.1) is 13.8 Å². The Kier molecular flexibility index (Phi) is 7.10. The molecule has 0 heterocycles. The number of anilines is 2. The third-order valence-corrected chi connectivity index (χ3v) is 6.93. The quantitative estimate of drug-likeness (QED) is 0.288. The minimum absolute atomic E-state index is 0.138. The zero-order valence-electron chi connectivity index (χ0n) is 19.1. The van der Waals surface area contributed by atoms with Crippen LogP contribution in [0.25, 0.3) is 0 Å². The molecule has 2 N–H and O–H groups in total. The molecular weight excluding hydrogens is 484 g/mol. The molecule has 4 aromatic rings. The van der Waals surface area contributed by atoms with E-state index in [0.29, 0.717) is 39.0 Å². The maximum absolute atomic E-state index is 13.2. The maximum Gasteiger partial charge on any atom is 0.261 e. The molecule has 0 saturated carbocycles. The van der Waals surface area contributed by atoms with Crippen molar-refractivity contribution in [3.8, 4) is 11.5 Å². The topological polar surface area (TPSA) is 84.5 Å². The summed E-state index contributed by atoms with van der Waals surface area (Å²) in [6.45, 7) is 3.56. The summed E-state index contributed by atoms with van der Waals surface area (Å²) in [6.07, 6.45) is 0. The van der Waals surface area contributed by atoms with E-state index in [4.69, 9.17) is 16.3 Å². The summed E-state index contributed by atoms with van der Waals surface area (Å²) in [6, 6.07) is 25.5. The van der Waals surface area contributed by atoms with Gasteiger partial charge in [0.05, 0.1) is 16.3 Å². The highest BCUT2D eigenvalue weighted by atomic mass is 35.5. The molecule has 0 atom stereocenters. The van der Waals surface area contributed by atoms with Crippen molar-refractivity contribution in [3.63, 3.8) is 0 Å². The van der Waals surface area contributed by atoms with E-state index in [1.54, 1.807) is 67.6 Å². The van der Waals surface area contributed by atoms with Gasteiger partial charge in [0.1, 0.15) is 5.75 Å². The fraction of sp³-hybridized carbons (Fsp3) is 0.0741. The van der Waals surface area contributed by atoms with Gasteiger partial charge >= 0.3 is 0 Å². The van der Waals surface area contributed by atoms with Gasteiger partial charge in [-0.3, -0.25) is 9.52 Å². The van der Waals surface area contributed by atoms with Gasteiger partial charge in [-0.2, -0.15) is 0 Å². The van der Waals surface area contributed by atoms with E-state index in [0.717, 1.165) is 5.56 Å². The molecule has 1 amide bonds. The average Bonchev–Trinajstić information content (AvgIpc) is 2.83. The molecule has 0 aliphatic heterocycles. The first-order valence-corrected chi connectivity index (χ1v) is 12.6. The molecular formula is C27H23ClN2O4S. The van der Waals surface area contributed by atoms with Gasteiger partial charge in [0, 0.05) is 10.6 Å². The third-order valence-electron chi connectivity index (χ3n) is 5.31. The molecule has 0 aromatic heterocycles. The molecule has 0 bridgehead atoms. The summed E-state index contributed by atoms with van der Waals surface area (Å²) in [7, 11) is -3.82. The van der Waals surface area contributed by atoms with Crippen LogP contribution in [-0.4, -0.2) is 14.3 Å². The number of hydrogen-bond donors (Lipinski definition) is 2. The van der Waals surface area contributed by atoms with Gasteiger partial charge in [0.25, 0.3) is 15.9 Å². The number of ether oxygens (including phenoxy) is 1. The zero-order chi connectivity index (χ0) is 25.0. The van der Waals surface area contributed by atoms with E-state index in [2.05, 4.69) is 10.0 Å². The number of aryl methyl sites for hydroxylation is 1. The van der Waals surface area contributed by atoms with Crippen molar-refractivity contribution in [3.05, 3.63) is 113 Å². The first kappa shape index (κ1) is 24.3. The number of rotatable bonds is 7. The second-order valence-electron chi connectivity index (χ2n) is 7.91. The average molecular weight is 507 g/mol. The Morgan fingerprint density at radius 2 is 1.54 bits per heavy atom. The lowest BCUT2D eigenvalue weighted by Gasteiger charge is -2.16. The summed E-state index contributed by atoms with van der Waals surface area (Å²) < 4.78 is 34.2. The van der Waals surface area contributed by atoms with Gasteiger partial charge in [-0.05, 0) is 74.0 Å². The van der Waals surface area contributed by atoms with Crippen molar-refractivity contribution >= 4 is 38.9 Å². The first-order valence-electron chi connectivity index (χ1n) is 10.8. The van der Waals surface area contributed by atoms with Crippen molar-refractivity contribution < 1.29 is 17.9 Å². The first-order chi connectivity index (χ1) is 16.7. The number of para-hydroxylation sites is 1. The number of hydrogen-bond acceptors (Lipinski definition) is 4. The molecule has 0 aliphatic carbocycles. The molecule has 0 radical (unpaired) electrons. The molecule has 0 fully saturated rings. The highest BCUT2D eigenvalue weighted by Crippen LogP contribution is 2.33. The van der Waals surface area contributed by atoms with Crippen LogP contribution in [0.1, 0.15) is 21.5 Å². The fourth-order valence-corrected chi connectivity index (χ4v) is 4.70.